The average Bonchev–Trinajstić information content (AvgIpc) is 2.37. The van der Waals surface area contributed by atoms with Crippen molar-refractivity contribution in [3.63, 3.8) is 0 Å². The van der Waals surface area contributed by atoms with Crippen LogP contribution in [0.4, 0.5) is 0 Å². The smallest absolute Gasteiger partial charge is 0.0132 e. The molecule has 1 heteroatoms. The highest BCUT2D eigenvalue weighted by Crippen LogP contribution is 2.48. The van der Waals surface area contributed by atoms with Gasteiger partial charge in [0.15, 0.2) is 0 Å². The normalized spacial score (nSPS) is 44.6. The first kappa shape index (κ1) is 12.4. The van der Waals surface area contributed by atoms with Gasteiger partial charge in [-0.05, 0) is 50.4 Å². The predicted octanol–water partition coefficient (Wildman–Crippen LogP) is 3.79. The zero-order chi connectivity index (χ0) is 12.0. The number of hydrogen-bond acceptors (Lipinski definition) is 1. The summed E-state index contributed by atoms with van der Waals surface area (Å²) in [7, 11) is 0. The molecule has 0 radical (unpaired) electrons. The molecule has 2 aliphatic heterocycles. The fraction of sp³-hybridized carbons (Fsp3) is 1.00. The second-order valence-electron chi connectivity index (χ2n) is 6.87. The summed E-state index contributed by atoms with van der Waals surface area (Å²) in [4.78, 5) is 2.83. The van der Waals surface area contributed by atoms with Crippen molar-refractivity contribution < 1.29 is 0 Å². The maximum atomic E-state index is 2.83. The molecule has 1 nitrogen and oxygen atoms in total. The lowest BCUT2D eigenvalue weighted by molar-refractivity contribution is 0.0473. The second kappa shape index (κ2) is 4.33. The Morgan fingerprint density at radius 3 is 1.62 bits per heavy atom. The highest BCUT2D eigenvalue weighted by atomic mass is 15.3. The molecule has 0 N–H and O–H groups in total. The quantitative estimate of drug-likeness (QED) is 0.688. The highest BCUT2D eigenvalue weighted by molar-refractivity contribution is 5.03. The zero-order valence-electron chi connectivity index (χ0n) is 11.9. The Morgan fingerprint density at radius 2 is 1.31 bits per heavy atom. The van der Waals surface area contributed by atoms with Gasteiger partial charge in [0.1, 0.15) is 0 Å². The van der Waals surface area contributed by atoms with Crippen LogP contribution in [0.2, 0.25) is 0 Å². The molecule has 2 aliphatic rings. The molecule has 0 aliphatic carbocycles. The SMILES string of the molecule is CC(C)C1CC2[C@H](C)[C@@H](C)C(C1)N2C(C)C. The minimum absolute atomic E-state index is 0.732. The fourth-order valence-electron chi connectivity index (χ4n) is 4.19. The van der Waals surface area contributed by atoms with E-state index in [1.54, 1.807) is 0 Å². The van der Waals surface area contributed by atoms with Crippen LogP contribution in [0.25, 0.3) is 0 Å². The lowest BCUT2D eigenvalue weighted by Crippen LogP contribution is -2.48. The Kier molecular flexibility index (Phi) is 3.36. The first-order chi connectivity index (χ1) is 7.43. The Labute approximate surface area is 102 Å². The summed E-state index contributed by atoms with van der Waals surface area (Å²) in [5.74, 6) is 3.64. The molecule has 94 valence electrons. The largest absolute Gasteiger partial charge is 0.294 e. The van der Waals surface area contributed by atoms with E-state index in [0.29, 0.717) is 0 Å². The minimum Gasteiger partial charge on any atom is -0.294 e. The van der Waals surface area contributed by atoms with Gasteiger partial charge in [-0.3, -0.25) is 4.90 Å². The van der Waals surface area contributed by atoms with Crippen LogP contribution in [0.5, 0.6) is 0 Å². The van der Waals surface area contributed by atoms with Gasteiger partial charge in [-0.25, -0.2) is 0 Å². The van der Waals surface area contributed by atoms with Gasteiger partial charge in [-0.15, -0.1) is 0 Å². The van der Waals surface area contributed by atoms with Gasteiger partial charge in [-0.1, -0.05) is 27.7 Å². The first-order valence-electron chi connectivity index (χ1n) is 7.21. The Hall–Kier alpha value is -0.0400. The van der Waals surface area contributed by atoms with Gasteiger partial charge in [0, 0.05) is 18.1 Å². The number of rotatable bonds is 2. The van der Waals surface area contributed by atoms with Crippen molar-refractivity contribution in [2.45, 2.75) is 72.5 Å². The first-order valence-corrected chi connectivity index (χ1v) is 7.21. The highest BCUT2D eigenvalue weighted by Gasteiger charge is 2.50. The van der Waals surface area contributed by atoms with E-state index in [4.69, 9.17) is 0 Å². The number of fused-ring (bicyclic) bond motifs is 2. The molecule has 0 aromatic carbocycles. The van der Waals surface area contributed by atoms with Crippen LogP contribution >= 0.6 is 0 Å². The third-order valence-corrected chi connectivity index (χ3v) is 5.44. The van der Waals surface area contributed by atoms with Crippen LogP contribution in [0.3, 0.4) is 0 Å². The summed E-state index contributed by atoms with van der Waals surface area (Å²) < 4.78 is 0. The molecule has 2 rings (SSSR count). The molecule has 0 aromatic rings. The summed E-state index contributed by atoms with van der Waals surface area (Å²) in [6, 6.07) is 2.46. The van der Waals surface area contributed by atoms with E-state index in [1.807, 2.05) is 0 Å². The molecule has 0 amide bonds. The van der Waals surface area contributed by atoms with E-state index in [2.05, 4.69) is 46.4 Å². The van der Waals surface area contributed by atoms with Crippen molar-refractivity contribution in [2.24, 2.45) is 23.7 Å². The molecule has 2 saturated heterocycles. The van der Waals surface area contributed by atoms with E-state index in [0.717, 1.165) is 41.8 Å². The molecule has 0 aromatic heterocycles. The van der Waals surface area contributed by atoms with Crippen molar-refractivity contribution in [1.82, 2.24) is 4.90 Å². The van der Waals surface area contributed by atoms with Crippen LogP contribution < -0.4 is 0 Å². The summed E-state index contributed by atoms with van der Waals surface area (Å²) in [6.07, 6.45) is 2.88. The fourth-order valence-corrected chi connectivity index (χ4v) is 4.19. The van der Waals surface area contributed by atoms with Gasteiger partial charge in [-0.2, -0.15) is 0 Å². The van der Waals surface area contributed by atoms with E-state index < -0.39 is 0 Å². The number of nitrogens with zero attached hydrogens (tertiary/aromatic N) is 1. The maximum absolute atomic E-state index is 2.83. The van der Waals surface area contributed by atoms with E-state index in [-0.39, 0.29) is 0 Å². The average molecular weight is 223 g/mol. The molecular formula is C15H29N. The molecule has 0 saturated carbocycles. The van der Waals surface area contributed by atoms with E-state index in [9.17, 15) is 0 Å². The molecule has 0 spiro atoms. The predicted molar refractivity (Wildman–Crippen MR) is 70.4 cm³/mol. The standard InChI is InChI=1S/C15H29N/c1-9(2)13-7-14-11(5)12(6)15(8-13)16(14)10(3)4/h9-15H,7-8H2,1-6H3/t11-,12-,13?,14?,15?/m1/s1. The molecule has 2 unspecified atom stereocenters. The summed E-state index contributed by atoms with van der Waals surface area (Å²) >= 11 is 0. The minimum atomic E-state index is 0.732. The van der Waals surface area contributed by atoms with Crippen LogP contribution in [0, 0.1) is 23.7 Å². The maximum Gasteiger partial charge on any atom is 0.0132 e. The van der Waals surface area contributed by atoms with Crippen LogP contribution in [0.15, 0.2) is 0 Å². The van der Waals surface area contributed by atoms with Gasteiger partial charge in [0.2, 0.25) is 0 Å². The monoisotopic (exact) mass is 223 g/mol. The molecular weight excluding hydrogens is 194 g/mol. The number of piperidine rings is 1. The molecule has 4 atom stereocenters. The van der Waals surface area contributed by atoms with Crippen molar-refractivity contribution in [2.75, 3.05) is 0 Å². The van der Waals surface area contributed by atoms with Crippen molar-refractivity contribution >= 4 is 0 Å². The van der Waals surface area contributed by atoms with Gasteiger partial charge in [0.25, 0.3) is 0 Å². The number of hydrogen-bond donors (Lipinski definition) is 0. The van der Waals surface area contributed by atoms with Gasteiger partial charge >= 0.3 is 0 Å². The second-order valence-corrected chi connectivity index (χ2v) is 6.87. The Balaban J connectivity index is 2.20. The van der Waals surface area contributed by atoms with Gasteiger partial charge in [0.05, 0.1) is 0 Å². The summed E-state index contributed by atoms with van der Waals surface area (Å²) in [5, 5.41) is 0. The third-order valence-electron chi connectivity index (χ3n) is 5.44. The van der Waals surface area contributed by atoms with Crippen molar-refractivity contribution in [3.05, 3.63) is 0 Å². The summed E-state index contributed by atoms with van der Waals surface area (Å²) in [5.41, 5.74) is 0. The van der Waals surface area contributed by atoms with Crippen molar-refractivity contribution in [1.29, 1.82) is 0 Å². The Morgan fingerprint density at radius 1 is 0.875 bits per heavy atom. The topological polar surface area (TPSA) is 3.24 Å². The lowest BCUT2D eigenvalue weighted by Gasteiger charge is -2.43. The molecule has 2 heterocycles. The molecule has 2 bridgehead atoms. The molecule has 16 heavy (non-hydrogen) atoms. The van der Waals surface area contributed by atoms with Crippen molar-refractivity contribution in [3.8, 4) is 0 Å². The van der Waals surface area contributed by atoms with Crippen LogP contribution in [0.1, 0.15) is 54.4 Å². The third kappa shape index (κ3) is 1.81. The van der Waals surface area contributed by atoms with Crippen LogP contribution in [-0.4, -0.2) is 23.0 Å². The van der Waals surface area contributed by atoms with E-state index in [1.165, 1.54) is 12.8 Å². The molecule has 2 fully saturated rings. The zero-order valence-corrected chi connectivity index (χ0v) is 11.9. The van der Waals surface area contributed by atoms with Gasteiger partial charge < -0.3 is 0 Å². The van der Waals surface area contributed by atoms with E-state index >= 15 is 0 Å². The summed E-state index contributed by atoms with van der Waals surface area (Å²) in [6.45, 7) is 14.5. The Bertz CT molecular complexity index is 228. The lowest BCUT2D eigenvalue weighted by atomic mass is 9.81. The van der Waals surface area contributed by atoms with Crippen LogP contribution in [-0.2, 0) is 0 Å².